The van der Waals surface area contributed by atoms with E-state index >= 15 is 0 Å². The molecule has 1 aliphatic carbocycles. The molecular formula is C13H17NO. The number of carbonyl (C=O) groups is 1. The number of fused-ring (bicyclic) bond motifs is 1. The second-order valence-electron chi connectivity index (χ2n) is 4.22. The zero-order valence-electron chi connectivity index (χ0n) is 9.12. The fourth-order valence-electron chi connectivity index (χ4n) is 2.12. The highest BCUT2D eigenvalue weighted by atomic mass is 16.1. The highest BCUT2D eigenvalue weighted by Crippen LogP contribution is 2.23. The summed E-state index contributed by atoms with van der Waals surface area (Å²) in [5.41, 5.74) is 9.26. The lowest BCUT2D eigenvalue weighted by atomic mass is 9.99. The molecule has 2 heteroatoms. The van der Waals surface area contributed by atoms with Gasteiger partial charge in [0.2, 0.25) is 0 Å². The van der Waals surface area contributed by atoms with Crippen LogP contribution in [-0.4, -0.2) is 11.8 Å². The molecule has 0 heterocycles. The van der Waals surface area contributed by atoms with E-state index in [1.165, 1.54) is 17.5 Å². The second kappa shape index (κ2) is 4.15. The lowest BCUT2D eigenvalue weighted by Crippen LogP contribution is -2.29. The Morgan fingerprint density at radius 1 is 1.40 bits per heavy atom. The molecule has 1 aliphatic rings. The van der Waals surface area contributed by atoms with Crippen molar-refractivity contribution < 1.29 is 4.79 Å². The van der Waals surface area contributed by atoms with Crippen LogP contribution in [0.25, 0.3) is 0 Å². The Balaban J connectivity index is 2.26. The maximum absolute atomic E-state index is 11.9. The molecule has 15 heavy (non-hydrogen) atoms. The van der Waals surface area contributed by atoms with E-state index in [-0.39, 0.29) is 11.8 Å². The van der Waals surface area contributed by atoms with E-state index in [2.05, 4.69) is 6.07 Å². The summed E-state index contributed by atoms with van der Waals surface area (Å²) in [6.07, 6.45) is 4.18. The number of aryl methyl sites for hydroxylation is 2. The smallest absolute Gasteiger partial charge is 0.179 e. The first kappa shape index (κ1) is 10.4. The molecule has 2 nitrogen and oxygen atoms in total. The van der Waals surface area contributed by atoms with Gasteiger partial charge >= 0.3 is 0 Å². The molecule has 80 valence electrons. The van der Waals surface area contributed by atoms with Gasteiger partial charge in [-0.15, -0.1) is 0 Å². The molecule has 0 radical (unpaired) electrons. The highest BCUT2D eigenvalue weighted by Gasteiger charge is 2.17. The van der Waals surface area contributed by atoms with Crippen LogP contribution in [-0.2, 0) is 12.8 Å². The van der Waals surface area contributed by atoms with Crippen LogP contribution in [0.2, 0.25) is 0 Å². The van der Waals surface area contributed by atoms with Crippen LogP contribution >= 0.6 is 0 Å². The quantitative estimate of drug-likeness (QED) is 0.764. The molecule has 1 aromatic rings. The Hall–Kier alpha value is -1.15. The Bertz CT molecular complexity index is 384. The summed E-state index contributed by atoms with van der Waals surface area (Å²) < 4.78 is 0. The number of ketones is 1. The average molecular weight is 203 g/mol. The summed E-state index contributed by atoms with van der Waals surface area (Å²) in [7, 11) is 0. The Kier molecular flexibility index (Phi) is 2.87. The number of benzene rings is 1. The van der Waals surface area contributed by atoms with Gasteiger partial charge in [0.25, 0.3) is 0 Å². The van der Waals surface area contributed by atoms with Gasteiger partial charge in [-0.3, -0.25) is 4.79 Å². The van der Waals surface area contributed by atoms with Crippen LogP contribution in [0.15, 0.2) is 18.2 Å². The average Bonchev–Trinajstić information content (AvgIpc) is 2.73. The van der Waals surface area contributed by atoms with Crippen LogP contribution in [0.1, 0.15) is 41.3 Å². The SMILES string of the molecule is CCC(N)C(=O)c1ccc2c(c1)CCC2. The van der Waals surface area contributed by atoms with Crippen LogP contribution in [0.3, 0.4) is 0 Å². The fraction of sp³-hybridized carbons (Fsp3) is 0.462. The number of Topliss-reactive ketones (excluding diaryl/α,β-unsaturated/α-hetero) is 1. The molecule has 0 bridgehead atoms. The molecule has 0 saturated carbocycles. The van der Waals surface area contributed by atoms with Crippen molar-refractivity contribution in [3.8, 4) is 0 Å². The normalized spacial score (nSPS) is 16.1. The Morgan fingerprint density at radius 3 is 2.87 bits per heavy atom. The minimum atomic E-state index is -0.343. The molecule has 2 N–H and O–H groups in total. The van der Waals surface area contributed by atoms with E-state index in [4.69, 9.17) is 5.73 Å². The Morgan fingerprint density at radius 2 is 2.13 bits per heavy atom. The first-order valence-corrected chi connectivity index (χ1v) is 5.64. The first-order chi connectivity index (χ1) is 7.22. The van der Waals surface area contributed by atoms with Crippen LogP contribution < -0.4 is 5.73 Å². The molecule has 1 atom stereocenters. The molecule has 0 aliphatic heterocycles. The van der Waals surface area contributed by atoms with Crippen molar-refractivity contribution in [2.75, 3.05) is 0 Å². The summed E-state index contributed by atoms with van der Waals surface area (Å²) in [5.74, 6) is 0.0761. The van der Waals surface area contributed by atoms with Crippen molar-refractivity contribution in [1.82, 2.24) is 0 Å². The molecule has 2 rings (SSSR count). The third kappa shape index (κ3) is 1.95. The molecule has 0 fully saturated rings. The highest BCUT2D eigenvalue weighted by molar-refractivity contribution is 6.00. The number of nitrogens with two attached hydrogens (primary N) is 1. The third-order valence-electron chi connectivity index (χ3n) is 3.16. The van der Waals surface area contributed by atoms with Crippen molar-refractivity contribution in [3.05, 3.63) is 34.9 Å². The van der Waals surface area contributed by atoms with Gasteiger partial charge in [-0.25, -0.2) is 0 Å². The van der Waals surface area contributed by atoms with E-state index in [0.717, 1.165) is 18.4 Å². The molecule has 0 saturated heterocycles. The predicted octanol–water partition coefficient (Wildman–Crippen LogP) is 2.10. The lowest BCUT2D eigenvalue weighted by molar-refractivity contribution is 0.0959. The molecule has 1 aromatic carbocycles. The van der Waals surface area contributed by atoms with E-state index in [9.17, 15) is 4.79 Å². The number of hydrogen-bond donors (Lipinski definition) is 1. The van der Waals surface area contributed by atoms with Crippen LogP contribution in [0.5, 0.6) is 0 Å². The van der Waals surface area contributed by atoms with Crippen molar-refractivity contribution >= 4 is 5.78 Å². The van der Waals surface area contributed by atoms with Gasteiger partial charge in [0.15, 0.2) is 5.78 Å². The van der Waals surface area contributed by atoms with Crippen molar-refractivity contribution in [1.29, 1.82) is 0 Å². The molecule has 1 unspecified atom stereocenters. The van der Waals surface area contributed by atoms with E-state index in [1.54, 1.807) is 0 Å². The summed E-state index contributed by atoms with van der Waals surface area (Å²) in [6.45, 7) is 1.94. The monoisotopic (exact) mass is 203 g/mol. The summed E-state index contributed by atoms with van der Waals surface area (Å²) in [4.78, 5) is 11.9. The minimum absolute atomic E-state index is 0.0761. The topological polar surface area (TPSA) is 43.1 Å². The standard InChI is InChI=1S/C13H17NO/c1-2-12(14)13(15)11-7-6-9-4-3-5-10(9)8-11/h6-8,12H,2-5,14H2,1H3. The number of rotatable bonds is 3. The van der Waals surface area contributed by atoms with Gasteiger partial charge in [-0.2, -0.15) is 0 Å². The van der Waals surface area contributed by atoms with Crippen molar-refractivity contribution in [3.63, 3.8) is 0 Å². The molecular weight excluding hydrogens is 186 g/mol. The molecule has 0 spiro atoms. The van der Waals surface area contributed by atoms with E-state index < -0.39 is 0 Å². The van der Waals surface area contributed by atoms with Crippen LogP contribution in [0, 0.1) is 0 Å². The van der Waals surface area contributed by atoms with Gasteiger partial charge in [-0.05, 0) is 42.9 Å². The zero-order chi connectivity index (χ0) is 10.8. The predicted molar refractivity (Wildman–Crippen MR) is 61.1 cm³/mol. The minimum Gasteiger partial charge on any atom is -0.321 e. The summed E-state index contributed by atoms with van der Waals surface area (Å²) in [5, 5.41) is 0. The van der Waals surface area contributed by atoms with E-state index in [0.29, 0.717) is 6.42 Å². The maximum atomic E-state index is 11.9. The Labute approximate surface area is 90.5 Å². The van der Waals surface area contributed by atoms with Gasteiger partial charge < -0.3 is 5.73 Å². The summed E-state index contributed by atoms with van der Waals surface area (Å²) >= 11 is 0. The fourth-order valence-corrected chi connectivity index (χ4v) is 2.12. The van der Waals surface area contributed by atoms with Crippen molar-refractivity contribution in [2.45, 2.75) is 38.6 Å². The van der Waals surface area contributed by atoms with Gasteiger partial charge in [0.05, 0.1) is 6.04 Å². The van der Waals surface area contributed by atoms with Crippen LogP contribution in [0.4, 0.5) is 0 Å². The van der Waals surface area contributed by atoms with Gasteiger partial charge in [-0.1, -0.05) is 19.1 Å². The maximum Gasteiger partial charge on any atom is 0.179 e. The lowest BCUT2D eigenvalue weighted by Gasteiger charge is -2.09. The van der Waals surface area contributed by atoms with Gasteiger partial charge in [0, 0.05) is 5.56 Å². The molecule has 0 amide bonds. The third-order valence-corrected chi connectivity index (χ3v) is 3.16. The second-order valence-corrected chi connectivity index (χ2v) is 4.22. The van der Waals surface area contributed by atoms with Gasteiger partial charge in [0.1, 0.15) is 0 Å². The zero-order valence-corrected chi connectivity index (χ0v) is 9.12. The first-order valence-electron chi connectivity index (χ1n) is 5.64. The number of hydrogen-bond acceptors (Lipinski definition) is 2. The van der Waals surface area contributed by atoms with E-state index in [1.807, 2.05) is 19.1 Å². The number of carbonyl (C=O) groups excluding carboxylic acids is 1. The van der Waals surface area contributed by atoms with Crippen molar-refractivity contribution in [2.24, 2.45) is 5.73 Å². The molecule has 0 aromatic heterocycles. The summed E-state index contributed by atoms with van der Waals surface area (Å²) in [6, 6.07) is 5.68. The largest absolute Gasteiger partial charge is 0.321 e.